The molecule has 0 spiro atoms. The van der Waals surface area contributed by atoms with Crippen LogP contribution in [-0.4, -0.2) is 23.4 Å². The fourth-order valence-electron chi connectivity index (χ4n) is 2.68. The van der Waals surface area contributed by atoms with Gasteiger partial charge < -0.3 is 9.84 Å². The predicted molar refractivity (Wildman–Crippen MR) is 56.2 cm³/mol. The van der Waals surface area contributed by atoms with E-state index in [1.54, 1.807) is 0 Å². The maximum Gasteiger partial charge on any atom is 0.0837 e. The SMILES string of the molecule is O[C@H]1CCCC[C@@H]1OC1CCCCC1. The first-order chi connectivity index (χ1) is 6.86. The van der Waals surface area contributed by atoms with Crippen molar-refractivity contribution in [3.8, 4) is 0 Å². The van der Waals surface area contributed by atoms with E-state index in [1.165, 1.54) is 44.9 Å². The highest BCUT2D eigenvalue weighted by Gasteiger charge is 2.27. The van der Waals surface area contributed by atoms with Crippen LogP contribution in [-0.2, 0) is 4.74 Å². The molecular formula is C12H22O2. The molecule has 82 valence electrons. The lowest BCUT2D eigenvalue weighted by atomic mass is 9.93. The van der Waals surface area contributed by atoms with Crippen LogP contribution < -0.4 is 0 Å². The molecule has 2 aliphatic rings. The van der Waals surface area contributed by atoms with Crippen molar-refractivity contribution in [3.05, 3.63) is 0 Å². The van der Waals surface area contributed by atoms with Crippen LogP contribution in [0, 0.1) is 0 Å². The lowest BCUT2D eigenvalue weighted by Gasteiger charge is -2.33. The van der Waals surface area contributed by atoms with Gasteiger partial charge in [0.2, 0.25) is 0 Å². The van der Waals surface area contributed by atoms with Gasteiger partial charge in [0.15, 0.2) is 0 Å². The molecule has 0 heterocycles. The molecule has 0 aromatic rings. The van der Waals surface area contributed by atoms with Crippen molar-refractivity contribution in [2.45, 2.75) is 76.1 Å². The van der Waals surface area contributed by atoms with Gasteiger partial charge in [0, 0.05) is 0 Å². The molecule has 0 bridgehead atoms. The molecule has 0 radical (unpaired) electrons. The van der Waals surface area contributed by atoms with Crippen molar-refractivity contribution in [2.75, 3.05) is 0 Å². The molecule has 2 nitrogen and oxygen atoms in total. The van der Waals surface area contributed by atoms with Gasteiger partial charge in [-0.3, -0.25) is 0 Å². The van der Waals surface area contributed by atoms with Gasteiger partial charge in [-0.1, -0.05) is 32.1 Å². The van der Waals surface area contributed by atoms with Crippen LogP contribution in [0.15, 0.2) is 0 Å². The molecular weight excluding hydrogens is 176 g/mol. The van der Waals surface area contributed by atoms with Crippen LogP contribution in [0.2, 0.25) is 0 Å². The molecule has 2 aliphatic carbocycles. The quantitative estimate of drug-likeness (QED) is 0.739. The van der Waals surface area contributed by atoms with E-state index in [9.17, 15) is 5.11 Å². The van der Waals surface area contributed by atoms with E-state index in [1.807, 2.05) is 0 Å². The number of hydrogen-bond donors (Lipinski definition) is 1. The van der Waals surface area contributed by atoms with E-state index in [4.69, 9.17) is 4.74 Å². The minimum Gasteiger partial charge on any atom is -0.390 e. The van der Waals surface area contributed by atoms with Crippen LogP contribution in [0.3, 0.4) is 0 Å². The maximum absolute atomic E-state index is 9.77. The summed E-state index contributed by atoms with van der Waals surface area (Å²) in [6.45, 7) is 0. The summed E-state index contributed by atoms with van der Waals surface area (Å²) < 4.78 is 5.99. The average Bonchev–Trinajstić information content (AvgIpc) is 2.23. The molecule has 0 aliphatic heterocycles. The largest absolute Gasteiger partial charge is 0.390 e. The van der Waals surface area contributed by atoms with Crippen LogP contribution in [0.1, 0.15) is 57.8 Å². The van der Waals surface area contributed by atoms with Crippen molar-refractivity contribution in [1.29, 1.82) is 0 Å². The number of rotatable bonds is 2. The van der Waals surface area contributed by atoms with E-state index in [0.29, 0.717) is 6.10 Å². The molecule has 2 heteroatoms. The molecule has 0 aromatic carbocycles. The van der Waals surface area contributed by atoms with E-state index in [0.717, 1.165) is 12.8 Å². The zero-order valence-electron chi connectivity index (χ0n) is 8.95. The van der Waals surface area contributed by atoms with Gasteiger partial charge in [0.1, 0.15) is 0 Å². The molecule has 0 amide bonds. The first kappa shape index (κ1) is 10.4. The zero-order chi connectivity index (χ0) is 9.80. The summed E-state index contributed by atoms with van der Waals surface area (Å²) in [5, 5.41) is 9.77. The molecule has 1 N–H and O–H groups in total. The molecule has 0 unspecified atom stereocenters. The Morgan fingerprint density at radius 2 is 1.43 bits per heavy atom. The summed E-state index contributed by atoms with van der Waals surface area (Å²) >= 11 is 0. The standard InChI is InChI=1S/C12H22O2/c13-11-8-4-5-9-12(11)14-10-6-2-1-3-7-10/h10-13H,1-9H2/t11-,12-/m0/s1. The molecule has 2 saturated carbocycles. The molecule has 2 rings (SSSR count). The van der Waals surface area contributed by atoms with Crippen molar-refractivity contribution in [1.82, 2.24) is 0 Å². The predicted octanol–water partition coefficient (Wildman–Crippen LogP) is 2.64. The van der Waals surface area contributed by atoms with Crippen LogP contribution in [0.25, 0.3) is 0 Å². The number of aliphatic hydroxyl groups is 1. The summed E-state index contributed by atoms with van der Waals surface area (Å²) in [5.41, 5.74) is 0. The van der Waals surface area contributed by atoms with E-state index in [-0.39, 0.29) is 12.2 Å². The van der Waals surface area contributed by atoms with Crippen LogP contribution >= 0.6 is 0 Å². The normalized spacial score (nSPS) is 35.8. The van der Waals surface area contributed by atoms with Gasteiger partial charge in [0.05, 0.1) is 18.3 Å². The first-order valence-electron chi connectivity index (χ1n) is 6.20. The summed E-state index contributed by atoms with van der Waals surface area (Å²) in [6, 6.07) is 0. The monoisotopic (exact) mass is 198 g/mol. The van der Waals surface area contributed by atoms with Crippen molar-refractivity contribution in [3.63, 3.8) is 0 Å². The van der Waals surface area contributed by atoms with Gasteiger partial charge in [-0.15, -0.1) is 0 Å². The van der Waals surface area contributed by atoms with E-state index in [2.05, 4.69) is 0 Å². The molecule has 2 atom stereocenters. The minimum absolute atomic E-state index is 0.145. The average molecular weight is 198 g/mol. The zero-order valence-corrected chi connectivity index (χ0v) is 8.95. The highest BCUT2D eigenvalue weighted by Crippen LogP contribution is 2.27. The Balaban J connectivity index is 1.76. The molecule has 14 heavy (non-hydrogen) atoms. The third kappa shape index (κ3) is 2.71. The summed E-state index contributed by atoms with van der Waals surface area (Å²) in [7, 11) is 0. The Labute approximate surface area is 86.6 Å². The lowest BCUT2D eigenvalue weighted by molar-refractivity contribution is -0.102. The fourth-order valence-corrected chi connectivity index (χ4v) is 2.68. The molecule has 0 aromatic heterocycles. The molecule has 2 fully saturated rings. The highest BCUT2D eigenvalue weighted by atomic mass is 16.5. The Morgan fingerprint density at radius 1 is 0.786 bits per heavy atom. The van der Waals surface area contributed by atoms with Crippen molar-refractivity contribution < 1.29 is 9.84 Å². The smallest absolute Gasteiger partial charge is 0.0837 e. The highest BCUT2D eigenvalue weighted by molar-refractivity contribution is 4.77. The minimum atomic E-state index is -0.189. The maximum atomic E-state index is 9.77. The Bertz CT molecular complexity index is 164. The fraction of sp³-hybridized carbons (Fsp3) is 1.00. The second kappa shape index (κ2) is 5.13. The van der Waals surface area contributed by atoms with Gasteiger partial charge in [0.25, 0.3) is 0 Å². The third-order valence-electron chi connectivity index (χ3n) is 3.59. The number of aliphatic hydroxyl groups excluding tert-OH is 1. The van der Waals surface area contributed by atoms with Crippen molar-refractivity contribution >= 4 is 0 Å². The second-order valence-corrected chi connectivity index (χ2v) is 4.79. The lowest BCUT2D eigenvalue weighted by Crippen LogP contribution is -2.36. The van der Waals surface area contributed by atoms with Gasteiger partial charge >= 0.3 is 0 Å². The van der Waals surface area contributed by atoms with Crippen LogP contribution in [0.4, 0.5) is 0 Å². The Kier molecular flexibility index (Phi) is 3.82. The topological polar surface area (TPSA) is 29.5 Å². The Morgan fingerprint density at radius 3 is 2.14 bits per heavy atom. The van der Waals surface area contributed by atoms with Crippen LogP contribution in [0.5, 0.6) is 0 Å². The summed E-state index contributed by atoms with van der Waals surface area (Å²) in [4.78, 5) is 0. The van der Waals surface area contributed by atoms with Crippen molar-refractivity contribution in [2.24, 2.45) is 0 Å². The summed E-state index contributed by atoms with van der Waals surface area (Å²) in [6.07, 6.45) is 11.2. The van der Waals surface area contributed by atoms with Gasteiger partial charge in [-0.25, -0.2) is 0 Å². The third-order valence-corrected chi connectivity index (χ3v) is 3.59. The molecule has 0 saturated heterocycles. The van der Waals surface area contributed by atoms with E-state index < -0.39 is 0 Å². The number of hydrogen-bond acceptors (Lipinski definition) is 2. The van der Waals surface area contributed by atoms with E-state index >= 15 is 0 Å². The van der Waals surface area contributed by atoms with Gasteiger partial charge in [-0.05, 0) is 25.7 Å². The first-order valence-corrected chi connectivity index (χ1v) is 6.20. The Hall–Kier alpha value is -0.0800. The second-order valence-electron chi connectivity index (χ2n) is 4.79. The summed E-state index contributed by atoms with van der Waals surface area (Å²) in [5.74, 6) is 0. The number of ether oxygens (including phenoxy) is 1. The van der Waals surface area contributed by atoms with Gasteiger partial charge in [-0.2, -0.15) is 0 Å².